The smallest absolute Gasteiger partial charge is 0.320 e. The van der Waals surface area contributed by atoms with Gasteiger partial charge in [0.15, 0.2) is 0 Å². The van der Waals surface area contributed by atoms with Gasteiger partial charge in [0.2, 0.25) is 5.91 Å². The van der Waals surface area contributed by atoms with Crippen LogP contribution < -0.4 is 17.2 Å². The fraction of sp³-hybridized carbons (Fsp3) is 0.385. The third-order valence-corrected chi connectivity index (χ3v) is 2.34. The van der Waals surface area contributed by atoms with Gasteiger partial charge in [-0.1, -0.05) is 24.6 Å². The van der Waals surface area contributed by atoms with E-state index in [2.05, 4.69) is 0 Å². The number of primary amides is 1. The van der Waals surface area contributed by atoms with Crippen LogP contribution in [0.25, 0.3) is 0 Å². The molecule has 0 aromatic heterocycles. The minimum atomic E-state index is -0.933. The first-order valence-corrected chi connectivity index (χ1v) is 6.02. The second kappa shape index (κ2) is 12.8. The number of unbranched alkanes of at least 4 members (excludes halogenated alkanes) is 1. The first kappa shape index (κ1) is 21.1. The zero-order chi connectivity index (χ0) is 14.7. The third-order valence-electron chi connectivity index (χ3n) is 2.34. The first-order valence-electron chi connectivity index (χ1n) is 6.02. The number of hydrogen-bond acceptors (Lipinski definition) is 4. The average molecular weight is 375 g/mol. The van der Waals surface area contributed by atoms with Gasteiger partial charge >= 0.3 is 5.97 Å². The van der Waals surface area contributed by atoms with Gasteiger partial charge in [0.1, 0.15) is 6.04 Å². The zero-order valence-electron chi connectivity index (χ0n) is 11.1. The van der Waals surface area contributed by atoms with E-state index in [0.717, 1.165) is 12.8 Å². The molecule has 0 bridgehead atoms. The Kier molecular flexibility index (Phi) is 13.6. The van der Waals surface area contributed by atoms with Crippen molar-refractivity contribution in [3.05, 3.63) is 35.9 Å². The maximum absolute atomic E-state index is 10.4. The molecule has 1 radical (unpaired) electrons. The van der Waals surface area contributed by atoms with Crippen LogP contribution in [0.3, 0.4) is 0 Å². The Hall–Kier alpha value is -1.18. The van der Waals surface area contributed by atoms with E-state index in [9.17, 15) is 9.59 Å². The number of amides is 1. The van der Waals surface area contributed by atoms with Gasteiger partial charge in [-0.3, -0.25) is 9.59 Å². The van der Waals surface area contributed by atoms with Gasteiger partial charge in [-0.05, 0) is 31.5 Å². The van der Waals surface area contributed by atoms with Crippen molar-refractivity contribution in [2.75, 3.05) is 6.54 Å². The number of carbonyl (C=O) groups is 2. The number of carboxylic acids is 1. The molecule has 1 aromatic rings. The maximum atomic E-state index is 10.4. The Balaban J connectivity index is 0. The van der Waals surface area contributed by atoms with Gasteiger partial charge in [0.25, 0.3) is 0 Å². The summed E-state index contributed by atoms with van der Waals surface area (Å²) in [7, 11) is 0. The Morgan fingerprint density at radius 1 is 1.15 bits per heavy atom. The zero-order valence-corrected chi connectivity index (χ0v) is 12.6. The Morgan fingerprint density at radius 3 is 2.05 bits per heavy atom. The fourth-order valence-corrected chi connectivity index (χ4v) is 1.23. The molecule has 0 heterocycles. The van der Waals surface area contributed by atoms with E-state index in [-0.39, 0.29) is 28.3 Å². The summed E-state index contributed by atoms with van der Waals surface area (Å²) in [6.07, 6.45) is 2.16. The van der Waals surface area contributed by atoms with Crippen molar-refractivity contribution in [2.45, 2.75) is 25.3 Å². The molecule has 0 saturated heterocycles. The van der Waals surface area contributed by atoms with Crippen molar-refractivity contribution in [1.82, 2.24) is 0 Å². The SMILES string of the molecule is NC(=O)c1ccccc1.NCCCCC(N)C(=O)O.[Ag]. The molecule has 0 aliphatic carbocycles. The van der Waals surface area contributed by atoms with Crippen LogP contribution in [0.5, 0.6) is 0 Å². The molecule has 0 saturated carbocycles. The molecule has 117 valence electrons. The van der Waals surface area contributed by atoms with Crippen molar-refractivity contribution < 1.29 is 37.1 Å². The molecular weight excluding hydrogens is 354 g/mol. The molecule has 7 N–H and O–H groups in total. The van der Waals surface area contributed by atoms with E-state index in [1.807, 2.05) is 6.07 Å². The van der Waals surface area contributed by atoms with E-state index in [1.165, 1.54) is 0 Å². The quantitative estimate of drug-likeness (QED) is 0.420. The molecule has 1 unspecified atom stereocenters. The molecule has 0 aliphatic heterocycles. The molecule has 1 amide bonds. The Morgan fingerprint density at radius 2 is 1.70 bits per heavy atom. The molecule has 0 fully saturated rings. The number of nitrogens with two attached hydrogens (primary N) is 3. The third kappa shape index (κ3) is 10.7. The number of aliphatic carboxylic acids is 1. The maximum Gasteiger partial charge on any atom is 0.320 e. The minimum Gasteiger partial charge on any atom is -0.480 e. The van der Waals surface area contributed by atoms with Crippen LogP contribution in [0.4, 0.5) is 0 Å². The van der Waals surface area contributed by atoms with E-state index < -0.39 is 12.0 Å². The fourth-order valence-electron chi connectivity index (χ4n) is 1.23. The van der Waals surface area contributed by atoms with Crippen molar-refractivity contribution in [1.29, 1.82) is 0 Å². The van der Waals surface area contributed by atoms with E-state index in [1.54, 1.807) is 24.3 Å². The number of hydrogen-bond donors (Lipinski definition) is 4. The van der Waals surface area contributed by atoms with Crippen LogP contribution in [-0.2, 0) is 27.2 Å². The summed E-state index contributed by atoms with van der Waals surface area (Å²) >= 11 is 0. The van der Waals surface area contributed by atoms with Crippen LogP contribution in [-0.4, -0.2) is 29.6 Å². The van der Waals surface area contributed by atoms with Crippen LogP contribution in [0.15, 0.2) is 30.3 Å². The van der Waals surface area contributed by atoms with Crippen LogP contribution >= 0.6 is 0 Å². The van der Waals surface area contributed by atoms with Crippen LogP contribution in [0, 0.1) is 0 Å². The standard InChI is InChI=1S/C7H7NO.C6H14N2O2.Ag/c8-7(9)6-4-2-1-3-5-6;7-4-2-1-3-5(8)6(9)10;/h1-5H,(H2,8,9);5H,1-4,7-8H2,(H,9,10);. The monoisotopic (exact) mass is 374 g/mol. The predicted octanol–water partition coefficient (Wildman–Crippen LogP) is 0.310. The summed E-state index contributed by atoms with van der Waals surface area (Å²) in [5, 5.41) is 8.33. The van der Waals surface area contributed by atoms with Crippen molar-refractivity contribution in [3.8, 4) is 0 Å². The van der Waals surface area contributed by atoms with Gasteiger partial charge in [0.05, 0.1) is 0 Å². The minimum absolute atomic E-state index is 0. The van der Waals surface area contributed by atoms with Gasteiger partial charge in [-0.15, -0.1) is 0 Å². The van der Waals surface area contributed by atoms with E-state index in [0.29, 0.717) is 18.5 Å². The first-order chi connectivity index (χ1) is 8.99. The number of rotatable bonds is 6. The predicted molar refractivity (Wildman–Crippen MR) is 73.5 cm³/mol. The molecule has 0 spiro atoms. The number of benzene rings is 1. The van der Waals surface area contributed by atoms with Gasteiger partial charge in [-0.2, -0.15) is 0 Å². The molecule has 20 heavy (non-hydrogen) atoms. The van der Waals surface area contributed by atoms with Crippen molar-refractivity contribution in [2.24, 2.45) is 17.2 Å². The second-order valence-electron chi connectivity index (χ2n) is 3.96. The van der Waals surface area contributed by atoms with E-state index >= 15 is 0 Å². The van der Waals surface area contributed by atoms with Gasteiger partial charge in [0, 0.05) is 27.9 Å². The average Bonchev–Trinajstić information content (AvgIpc) is 2.40. The molecule has 7 heteroatoms. The number of carboxylic acid groups (broad SMARTS) is 1. The topological polar surface area (TPSA) is 132 Å². The van der Waals surface area contributed by atoms with Crippen LogP contribution in [0.2, 0.25) is 0 Å². The molecule has 0 aliphatic rings. The summed E-state index contributed by atoms with van der Waals surface area (Å²) in [5.41, 5.74) is 15.9. The van der Waals surface area contributed by atoms with E-state index in [4.69, 9.17) is 22.3 Å². The largest absolute Gasteiger partial charge is 0.480 e. The molecular formula is C13H21AgN3O3. The van der Waals surface area contributed by atoms with Gasteiger partial charge < -0.3 is 22.3 Å². The Labute approximate surface area is 134 Å². The number of carbonyl (C=O) groups excluding carboxylic acids is 1. The summed E-state index contributed by atoms with van der Waals surface area (Å²) < 4.78 is 0. The van der Waals surface area contributed by atoms with Crippen LogP contribution in [0.1, 0.15) is 29.6 Å². The molecule has 6 nitrogen and oxygen atoms in total. The summed E-state index contributed by atoms with van der Waals surface area (Å²) in [6.45, 7) is 0.604. The molecule has 1 atom stereocenters. The molecule has 1 aromatic carbocycles. The normalized spacial score (nSPS) is 10.5. The van der Waals surface area contributed by atoms with Gasteiger partial charge in [-0.25, -0.2) is 0 Å². The summed E-state index contributed by atoms with van der Waals surface area (Å²) in [5.74, 6) is -1.31. The van der Waals surface area contributed by atoms with Crippen molar-refractivity contribution in [3.63, 3.8) is 0 Å². The summed E-state index contributed by atoms with van der Waals surface area (Å²) in [4.78, 5) is 20.6. The van der Waals surface area contributed by atoms with Crippen molar-refractivity contribution >= 4 is 11.9 Å². The summed E-state index contributed by atoms with van der Waals surface area (Å²) in [6, 6.07) is 8.05. The molecule has 1 rings (SSSR count). The second-order valence-corrected chi connectivity index (χ2v) is 3.96. The Bertz CT molecular complexity index is 388.